The summed E-state index contributed by atoms with van der Waals surface area (Å²) in [6.45, 7) is 4.08. The fourth-order valence-corrected chi connectivity index (χ4v) is 2.78. The van der Waals surface area contributed by atoms with Gasteiger partial charge in [0.15, 0.2) is 0 Å². The number of nitrogens with one attached hydrogen (secondary N) is 1. The Morgan fingerprint density at radius 3 is 2.59 bits per heavy atom. The van der Waals surface area contributed by atoms with Gasteiger partial charge >= 0.3 is 0 Å². The highest BCUT2D eigenvalue weighted by molar-refractivity contribution is 5.75. The van der Waals surface area contributed by atoms with Crippen LogP contribution in [0.3, 0.4) is 0 Å². The first-order valence-corrected chi connectivity index (χ1v) is 8.14. The smallest absolute Gasteiger partial charge is 0.220 e. The maximum atomic E-state index is 12.0. The molecule has 4 nitrogen and oxygen atoms in total. The van der Waals surface area contributed by atoms with Crippen molar-refractivity contribution in [2.45, 2.75) is 39.0 Å². The van der Waals surface area contributed by atoms with Crippen LogP contribution in [0.2, 0.25) is 0 Å². The molecule has 0 spiro atoms. The van der Waals surface area contributed by atoms with Gasteiger partial charge in [-0.3, -0.25) is 4.79 Å². The fourth-order valence-electron chi connectivity index (χ4n) is 2.78. The Bertz CT molecular complexity index is 464. The predicted molar refractivity (Wildman–Crippen MR) is 86.7 cm³/mol. The summed E-state index contributed by atoms with van der Waals surface area (Å²) in [4.78, 5) is 12.0. The third-order valence-corrected chi connectivity index (χ3v) is 4.54. The summed E-state index contributed by atoms with van der Waals surface area (Å²) in [6.07, 6.45) is 3.93. The molecule has 2 N–H and O–H groups in total. The zero-order valence-electron chi connectivity index (χ0n) is 13.4. The van der Waals surface area contributed by atoms with Gasteiger partial charge in [-0.25, -0.2) is 0 Å². The van der Waals surface area contributed by atoms with Crippen LogP contribution in [-0.2, 0) is 16.0 Å². The molecule has 0 aromatic heterocycles. The van der Waals surface area contributed by atoms with E-state index in [2.05, 4.69) is 36.5 Å². The lowest BCUT2D eigenvalue weighted by atomic mass is 9.81. The number of ether oxygens (including phenoxy) is 1. The number of aliphatic hydroxyl groups excluding tert-OH is 1. The molecule has 0 atom stereocenters. The topological polar surface area (TPSA) is 58.6 Å². The van der Waals surface area contributed by atoms with Gasteiger partial charge in [0.2, 0.25) is 5.91 Å². The van der Waals surface area contributed by atoms with Crippen molar-refractivity contribution in [3.8, 4) is 0 Å². The predicted octanol–water partition coefficient (Wildman–Crippen LogP) is 2.22. The van der Waals surface area contributed by atoms with Crippen molar-refractivity contribution in [2.24, 2.45) is 5.41 Å². The molecule has 1 aromatic rings. The number of amides is 1. The first-order chi connectivity index (χ1) is 10.6. The minimum atomic E-state index is -0.190. The molecule has 0 unspecified atom stereocenters. The third-order valence-electron chi connectivity index (χ3n) is 4.54. The molecule has 0 saturated carbocycles. The van der Waals surface area contributed by atoms with Crippen LogP contribution < -0.4 is 5.32 Å². The van der Waals surface area contributed by atoms with E-state index >= 15 is 0 Å². The molecule has 0 aliphatic carbocycles. The summed E-state index contributed by atoms with van der Waals surface area (Å²) in [5, 5.41) is 12.6. The first-order valence-electron chi connectivity index (χ1n) is 8.14. The van der Waals surface area contributed by atoms with Crippen LogP contribution in [0.1, 0.15) is 36.8 Å². The SMILES string of the molecule is Cc1ccc(CCCC(=O)NCC2(CO)CCOCC2)cc1. The van der Waals surface area contributed by atoms with E-state index in [0.717, 1.165) is 25.7 Å². The highest BCUT2D eigenvalue weighted by Crippen LogP contribution is 2.28. The van der Waals surface area contributed by atoms with Crippen LogP contribution in [0.4, 0.5) is 0 Å². The van der Waals surface area contributed by atoms with E-state index in [1.165, 1.54) is 11.1 Å². The fraction of sp³-hybridized carbons (Fsp3) is 0.611. The molecule has 2 rings (SSSR count). The van der Waals surface area contributed by atoms with E-state index in [1.807, 2.05) is 0 Å². The quantitative estimate of drug-likeness (QED) is 0.812. The standard InChI is InChI=1S/C18H27NO3/c1-15-5-7-16(8-6-15)3-2-4-17(21)19-13-18(14-20)9-11-22-12-10-18/h5-8,20H,2-4,9-14H2,1H3,(H,19,21). The second-order valence-electron chi connectivity index (χ2n) is 6.39. The molecule has 0 bridgehead atoms. The lowest BCUT2D eigenvalue weighted by molar-refractivity contribution is -0.122. The van der Waals surface area contributed by atoms with Crippen molar-refractivity contribution in [2.75, 3.05) is 26.4 Å². The summed E-state index contributed by atoms with van der Waals surface area (Å²) in [5.41, 5.74) is 2.34. The Hall–Kier alpha value is -1.39. The van der Waals surface area contributed by atoms with Crippen molar-refractivity contribution in [1.82, 2.24) is 5.32 Å². The highest BCUT2D eigenvalue weighted by Gasteiger charge is 2.32. The van der Waals surface area contributed by atoms with Gasteiger partial charge in [0.25, 0.3) is 0 Å². The van der Waals surface area contributed by atoms with Gasteiger partial charge in [0.1, 0.15) is 0 Å². The van der Waals surface area contributed by atoms with Crippen LogP contribution >= 0.6 is 0 Å². The molecular weight excluding hydrogens is 278 g/mol. The van der Waals surface area contributed by atoms with Gasteiger partial charge < -0.3 is 15.2 Å². The summed E-state index contributed by atoms with van der Waals surface area (Å²) >= 11 is 0. The monoisotopic (exact) mass is 305 g/mol. The average molecular weight is 305 g/mol. The second-order valence-corrected chi connectivity index (χ2v) is 6.39. The lowest BCUT2D eigenvalue weighted by Gasteiger charge is -2.35. The summed E-state index contributed by atoms with van der Waals surface area (Å²) in [7, 11) is 0. The Morgan fingerprint density at radius 1 is 1.27 bits per heavy atom. The Kier molecular flexibility index (Phi) is 6.40. The Labute approximate surface area is 132 Å². The lowest BCUT2D eigenvalue weighted by Crippen LogP contribution is -2.43. The number of benzene rings is 1. The molecule has 0 radical (unpaired) electrons. The van der Waals surface area contributed by atoms with Crippen LogP contribution in [0.15, 0.2) is 24.3 Å². The minimum absolute atomic E-state index is 0.0754. The zero-order valence-corrected chi connectivity index (χ0v) is 13.4. The van der Waals surface area contributed by atoms with Gasteiger partial charge in [-0.05, 0) is 38.2 Å². The van der Waals surface area contributed by atoms with Crippen molar-refractivity contribution >= 4 is 5.91 Å². The van der Waals surface area contributed by atoms with Crippen LogP contribution in [0.5, 0.6) is 0 Å². The maximum Gasteiger partial charge on any atom is 0.220 e. The van der Waals surface area contributed by atoms with E-state index in [4.69, 9.17) is 4.74 Å². The first kappa shape index (κ1) is 17.0. The minimum Gasteiger partial charge on any atom is -0.396 e. The molecule has 122 valence electrons. The molecule has 1 fully saturated rings. The average Bonchev–Trinajstić information content (AvgIpc) is 2.56. The number of carbonyl (C=O) groups excluding carboxylic acids is 1. The third kappa shape index (κ3) is 5.11. The van der Waals surface area contributed by atoms with E-state index < -0.39 is 0 Å². The molecule has 1 heterocycles. The highest BCUT2D eigenvalue weighted by atomic mass is 16.5. The molecule has 1 aromatic carbocycles. The van der Waals surface area contributed by atoms with Crippen molar-refractivity contribution < 1.29 is 14.6 Å². The molecule has 4 heteroatoms. The van der Waals surface area contributed by atoms with E-state index in [0.29, 0.717) is 26.2 Å². The number of hydrogen-bond acceptors (Lipinski definition) is 3. The van der Waals surface area contributed by atoms with Gasteiger partial charge in [-0.2, -0.15) is 0 Å². The number of hydrogen-bond donors (Lipinski definition) is 2. The Balaban J connectivity index is 1.68. The van der Waals surface area contributed by atoms with Crippen LogP contribution in [0, 0.1) is 12.3 Å². The van der Waals surface area contributed by atoms with Crippen molar-refractivity contribution in [3.63, 3.8) is 0 Å². The number of aliphatic hydroxyl groups is 1. The van der Waals surface area contributed by atoms with E-state index in [-0.39, 0.29) is 17.9 Å². The zero-order chi connectivity index (χ0) is 15.8. The molecule has 1 saturated heterocycles. The van der Waals surface area contributed by atoms with Gasteiger partial charge in [-0.15, -0.1) is 0 Å². The largest absolute Gasteiger partial charge is 0.396 e. The Morgan fingerprint density at radius 2 is 1.95 bits per heavy atom. The summed E-state index contributed by atoms with van der Waals surface area (Å²) in [5.74, 6) is 0.0754. The molecule has 1 amide bonds. The van der Waals surface area contributed by atoms with Crippen molar-refractivity contribution in [3.05, 3.63) is 35.4 Å². The summed E-state index contributed by atoms with van der Waals surface area (Å²) in [6, 6.07) is 8.45. The van der Waals surface area contributed by atoms with Gasteiger partial charge in [0.05, 0.1) is 6.61 Å². The summed E-state index contributed by atoms with van der Waals surface area (Å²) < 4.78 is 5.33. The van der Waals surface area contributed by atoms with Gasteiger partial charge in [-0.1, -0.05) is 29.8 Å². The molecule has 22 heavy (non-hydrogen) atoms. The van der Waals surface area contributed by atoms with Gasteiger partial charge in [0, 0.05) is 31.6 Å². The van der Waals surface area contributed by atoms with E-state index in [9.17, 15) is 9.90 Å². The number of carbonyl (C=O) groups is 1. The van der Waals surface area contributed by atoms with Crippen molar-refractivity contribution in [1.29, 1.82) is 0 Å². The van der Waals surface area contributed by atoms with Crippen LogP contribution in [-0.4, -0.2) is 37.4 Å². The normalized spacial score (nSPS) is 17.2. The maximum absolute atomic E-state index is 12.0. The van der Waals surface area contributed by atoms with Crippen LogP contribution in [0.25, 0.3) is 0 Å². The number of aryl methyl sites for hydroxylation is 2. The molecule has 1 aliphatic heterocycles. The second kappa shape index (κ2) is 8.30. The van der Waals surface area contributed by atoms with E-state index in [1.54, 1.807) is 0 Å². The number of rotatable bonds is 7. The molecule has 1 aliphatic rings. The molecular formula is C18H27NO3.